The highest BCUT2D eigenvalue weighted by molar-refractivity contribution is 5.08. The lowest BCUT2D eigenvalue weighted by Gasteiger charge is -2.55. The Labute approximate surface area is 127 Å². The Kier molecular flexibility index (Phi) is 4.60. The first-order valence-electron chi connectivity index (χ1n) is 8.90. The summed E-state index contributed by atoms with van der Waals surface area (Å²) in [5, 5.41) is 0. The topological polar surface area (TPSA) is 3.24 Å². The molecule has 0 unspecified atom stereocenters. The molecule has 0 aromatic carbocycles. The molecule has 0 aromatic rings. The van der Waals surface area contributed by atoms with Gasteiger partial charge in [-0.25, -0.2) is 0 Å². The maximum Gasteiger partial charge on any atom is 0.0220 e. The molecule has 1 saturated carbocycles. The van der Waals surface area contributed by atoms with Gasteiger partial charge < -0.3 is 0 Å². The fourth-order valence-corrected chi connectivity index (χ4v) is 4.72. The van der Waals surface area contributed by atoms with Crippen molar-refractivity contribution in [3.8, 4) is 0 Å². The van der Waals surface area contributed by atoms with Crippen LogP contribution in [-0.4, -0.2) is 22.5 Å². The van der Waals surface area contributed by atoms with Crippen LogP contribution in [0.1, 0.15) is 92.9 Å². The first-order valence-corrected chi connectivity index (χ1v) is 8.90. The average Bonchev–Trinajstić information content (AvgIpc) is 2.65. The quantitative estimate of drug-likeness (QED) is 0.602. The largest absolute Gasteiger partial charge is 0.293 e. The monoisotopic (exact) mass is 279 g/mol. The number of unbranched alkanes of at least 4 members (excludes halogenated alkanes) is 1. The van der Waals surface area contributed by atoms with Gasteiger partial charge >= 0.3 is 0 Å². The zero-order chi connectivity index (χ0) is 15.0. The highest BCUT2D eigenvalue weighted by atomic mass is 15.3. The molecule has 0 aromatic heterocycles. The summed E-state index contributed by atoms with van der Waals surface area (Å²) in [6.07, 6.45) is 11.6. The lowest BCUT2D eigenvalue weighted by atomic mass is 9.64. The third kappa shape index (κ3) is 3.78. The lowest BCUT2D eigenvalue weighted by molar-refractivity contribution is -0.0480. The maximum atomic E-state index is 2.83. The van der Waals surface area contributed by atoms with Crippen molar-refractivity contribution in [3.05, 3.63) is 0 Å². The summed E-state index contributed by atoms with van der Waals surface area (Å²) in [4.78, 5) is 2.83. The van der Waals surface area contributed by atoms with Crippen LogP contribution in [0, 0.1) is 11.3 Å². The van der Waals surface area contributed by atoms with Gasteiger partial charge in [0, 0.05) is 11.1 Å². The van der Waals surface area contributed by atoms with Gasteiger partial charge in [-0.05, 0) is 70.8 Å². The summed E-state index contributed by atoms with van der Waals surface area (Å²) in [6, 6.07) is 0. The average molecular weight is 280 g/mol. The first-order chi connectivity index (χ1) is 9.12. The van der Waals surface area contributed by atoms with Crippen molar-refractivity contribution >= 4 is 0 Å². The van der Waals surface area contributed by atoms with Crippen molar-refractivity contribution in [3.63, 3.8) is 0 Å². The van der Waals surface area contributed by atoms with Crippen LogP contribution >= 0.6 is 0 Å². The molecule has 2 fully saturated rings. The SMILES string of the molecule is CC(C)(C)CCCCC1CC2(CCCN2C(C)(C)C)C1. The lowest BCUT2D eigenvalue weighted by Crippen LogP contribution is -2.59. The second-order valence-corrected chi connectivity index (χ2v) is 9.73. The van der Waals surface area contributed by atoms with Gasteiger partial charge in [0.05, 0.1) is 0 Å². The predicted octanol–water partition coefficient (Wildman–Crippen LogP) is 5.64. The van der Waals surface area contributed by atoms with E-state index in [2.05, 4.69) is 46.4 Å². The Hall–Kier alpha value is -0.0400. The van der Waals surface area contributed by atoms with Gasteiger partial charge in [0.2, 0.25) is 0 Å². The van der Waals surface area contributed by atoms with Gasteiger partial charge in [0.25, 0.3) is 0 Å². The van der Waals surface area contributed by atoms with Crippen molar-refractivity contribution in [1.29, 1.82) is 0 Å². The van der Waals surface area contributed by atoms with E-state index < -0.39 is 0 Å². The van der Waals surface area contributed by atoms with Gasteiger partial charge in [0.1, 0.15) is 0 Å². The molecule has 1 nitrogen and oxygen atoms in total. The summed E-state index contributed by atoms with van der Waals surface area (Å²) in [6.45, 7) is 15.6. The molecule has 1 aliphatic carbocycles. The van der Waals surface area contributed by atoms with Crippen molar-refractivity contribution < 1.29 is 0 Å². The van der Waals surface area contributed by atoms with Crippen molar-refractivity contribution in [1.82, 2.24) is 4.90 Å². The molecular formula is C19H37N. The third-order valence-corrected chi connectivity index (χ3v) is 5.53. The normalized spacial score (nSPS) is 31.8. The number of hydrogen-bond acceptors (Lipinski definition) is 1. The molecule has 118 valence electrons. The molecule has 1 heterocycles. The van der Waals surface area contributed by atoms with E-state index in [1.165, 1.54) is 57.9 Å². The Morgan fingerprint density at radius 2 is 1.65 bits per heavy atom. The maximum absolute atomic E-state index is 2.83. The number of rotatable bonds is 4. The minimum Gasteiger partial charge on any atom is -0.293 e. The standard InChI is InChI=1S/C19H37N/c1-17(2,3)11-8-7-10-16-14-19(15-16)12-9-13-20(19)18(4,5)6/h16H,7-15H2,1-6H3. The van der Waals surface area contributed by atoms with E-state index in [4.69, 9.17) is 0 Å². The number of likely N-dealkylation sites (tertiary alicyclic amines) is 1. The van der Waals surface area contributed by atoms with E-state index in [0.29, 0.717) is 16.5 Å². The summed E-state index contributed by atoms with van der Waals surface area (Å²) in [5.41, 5.74) is 1.50. The molecule has 1 spiro atoms. The summed E-state index contributed by atoms with van der Waals surface area (Å²) in [5.74, 6) is 1.03. The van der Waals surface area contributed by atoms with Gasteiger partial charge in [0.15, 0.2) is 0 Å². The van der Waals surface area contributed by atoms with E-state index in [9.17, 15) is 0 Å². The zero-order valence-corrected chi connectivity index (χ0v) is 14.9. The van der Waals surface area contributed by atoms with E-state index in [0.717, 1.165) is 5.92 Å². The molecule has 20 heavy (non-hydrogen) atoms. The van der Waals surface area contributed by atoms with Gasteiger partial charge in [-0.15, -0.1) is 0 Å². The third-order valence-electron chi connectivity index (χ3n) is 5.53. The van der Waals surface area contributed by atoms with Crippen molar-refractivity contribution in [2.45, 2.75) is 104 Å². The molecular weight excluding hydrogens is 242 g/mol. The Morgan fingerprint density at radius 3 is 2.20 bits per heavy atom. The summed E-state index contributed by atoms with van der Waals surface area (Å²) >= 11 is 0. The Balaban J connectivity index is 1.71. The first kappa shape index (κ1) is 16.3. The van der Waals surface area contributed by atoms with Crippen LogP contribution in [0.4, 0.5) is 0 Å². The van der Waals surface area contributed by atoms with Crippen molar-refractivity contribution in [2.24, 2.45) is 11.3 Å². The number of hydrogen-bond donors (Lipinski definition) is 0. The van der Waals surface area contributed by atoms with E-state index >= 15 is 0 Å². The molecule has 0 amide bonds. The Bertz CT molecular complexity index is 312. The smallest absolute Gasteiger partial charge is 0.0220 e. The van der Waals surface area contributed by atoms with E-state index in [1.54, 1.807) is 0 Å². The summed E-state index contributed by atoms with van der Waals surface area (Å²) < 4.78 is 0. The van der Waals surface area contributed by atoms with Crippen LogP contribution in [0.15, 0.2) is 0 Å². The van der Waals surface area contributed by atoms with Gasteiger partial charge in [-0.1, -0.05) is 40.0 Å². The molecule has 1 aliphatic heterocycles. The van der Waals surface area contributed by atoms with Crippen LogP contribution < -0.4 is 0 Å². The van der Waals surface area contributed by atoms with Crippen LogP contribution in [0.2, 0.25) is 0 Å². The zero-order valence-electron chi connectivity index (χ0n) is 14.9. The minimum absolute atomic E-state index is 0.369. The van der Waals surface area contributed by atoms with Crippen LogP contribution in [0.3, 0.4) is 0 Å². The number of nitrogens with zero attached hydrogens (tertiary/aromatic N) is 1. The highest BCUT2D eigenvalue weighted by Crippen LogP contribution is 2.53. The molecule has 2 rings (SSSR count). The fourth-order valence-electron chi connectivity index (χ4n) is 4.72. The van der Waals surface area contributed by atoms with E-state index in [1.807, 2.05) is 0 Å². The van der Waals surface area contributed by atoms with Crippen LogP contribution in [0.25, 0.3) is 0 Å². The second kappa shape index (κ2) is 5.63. The minimum atomic E-state index is 0.369. The second-order valence-electron chi connectivity index (χ2n) is 9.73. The molecule has 0 bridgehead atoms. The van der Waals surface area contributed by atoms with Crippen molar-refractivity contribution in [2.75, 3.05) is 6.54 Å². The van der Waals surface area contributed by atoms with Crippen LogP contribution in [0.5, 0.6) is 0 Å². The molecule has 0 radical (unpaired) electrons. The van der Waals surface area contributed by atoms with Gasteiger partial charge in [-0.3, -0.25) is 4.90 Å². The summed E-state index contributed by atoms with van der Waals surface area (Å²) in [7, 11) is 0. The predicted molar refractivity (Wildman–Crippen MR) is 89.1 cm³/mol. The molecule has 0 N–H and O–H groups in total. The Morgan fingerprint density at radius 1 is 1.00 bits per heavy atom. The van der Waals surface area contributed by atoms with E-state index in [-0.39, 0.29) is 0 Å². The molecule has 2 aliphatic rings. The molecule has 1 heteroatoms. The van der Waals surface area contributed by atoms with Gasteiger partial charge in [-0.2, -0.15) is 0 Å². The highest BCUT2D eigenvalue weighted by Gasteiger charge is 2.52. The molecule has 0 atom stereocenters. The fraction of sp³-hybridized carbons (Fsp3) is 1.00. The van der Waals surface area contributed by atoms with Crippen LogP contribution in [-0.2, 0) is 0 Å². The molecule has 1 saturated heterocycles.